The Kier molecular flexibility index (Phi) is 3.90. The van der Waals surface area contributed by atoms with Gasteiger partial charge in [-0.05, 0) is 52.0 Å². The molecule has 0 aliphatic rings. The lowest BCUT2D eigenvalue weighted by Crippen LogP contribution is -2.13. The second-order valence-corrected chi connectivity index (χ2v) is 6.17. The zero-order valence-corrected chi connectivity index (χ0v) is 13.3. The van der Waals surface area contributed by atoms with Crippen molar-refractivity contribution in [2.75, 3.05) is 0 Å². The van der Waals surface area contributed by atoms with Crippen LogP contribution >= 0.6 is 27.7 Å². The molecule has 104 valence electrons. The number of nitrogens with one attached hydrogen (secondary N) is 1. The van der Waals surface area contributed by atoms with Crippen molar-refractivity contribution >= 4 is 44.4 Å². The van der Waals surface area contributed by atoms with Crippen LogP contribution < -0.4 is 5.73 Å². The molecule has 0 bridgehead atoms. The Hall–Kier alpha value is -1.92. The number of aromatic nitrogens is 2. The fourth-order valence-corrected chi connectivity index (χ4v) is 3.29. The normalized spacial score (nSPS) is 10.7. The summed E-state index contributed by atoms with van der Waals surface area (Å²) in [7, 11) is 0. The van der Waals surface area contributed by atoms with Crippen molar-refractivity contribution in [3.05, 3.63) is 58.7 Å². The van der Waals surface area contributed by atoms with E-state index in [1.165, 1.54) is 11.8 Å². The van der Waals surface area contributed by atoms with E-state index >= 15 is 0 Å². The van der Waals surface area contributed by atoms with E-state index in [1.807, 2.05) is 42.5 Å². The zero-order valence-electron chi connectivity index (χ0n) is 10.9. The lowest BCUT2D eigenvalue weighted by atomic mass is 10.1. The molecule has 0 aliphatic heterocycles. The largest absolute Gasteiger partial charge is 0.384 e. The van der Waals surface area contributed by atoms with Gasteiger partial charge in [-0.1, -0.05) is 18.2 Å². The molecule has 1 aromatic carbocycles. The first kappa shape index (κ1) is 14.0. The van der Waals surface area contributed by atoms with E-state index in [1.54, 1.807) is 6.20 Å². The molecule has 21 heavy (non-hydrogen) atoms. The molecule has 0 aliphatic carbocycles. The summed E-state index contributed by atoms with van der Waals surface area (Å²) in [5.74, 6) is 0.00260. The van der Waals surface area contributed by atoms with Gasteiger partial charge in [-0.3, -0.25) is 5.41 Å². The van der Waals surface area contributed by atoms with Gasteiger partial charge in [0.1, 0.15) is 15.9 Å². The van der Waals surface area contributed by atoms with Crippen LogP contribution in [-0.2, 0) is 0 Å². The molecule has 0 atom stereocenters. The molecule has 0 fully saturated rings. The molecule has 2 aromatic heterocycles. The van der Waals surface area contributed by atoms with E-state index in [9.17, 15) is 0 Å². The molecule has 3 rings (SSSR count). The van der Waals surface area contributed by atoms with Gasteiger partial charge in [0.15, 0.2) is 0 Å². The van der Waals surface area contributed by atoms with E-state index in [2.05, 4.69) is 25.9 Å². The molecular formula is C15H11BrN4S. The maximum atomic E-state index is 7.76. The quantitative estimate of drug-likeness (QED) is 0.551. The van der Waals surface area contributed by atoms with Crippen LogP contribution in [0, 0.1) is 5.41 Å². The molecule has 4 nitrogen and oxygen atoms in total. The van der Waals surface area contributed by atoms with Gasteiger partial charge >= 0.3 is 0 Å². The lowest BCUT2D eigenvalue weighted by molar-refractivity contribution is 1.09. The summed E-state index contributed by atoms with van der Waals surface area (Å²) in [5.41, 5.74) is 7.19. The number of hydrogen-bond donors (Lipinski definition) is 2. The molecule has 3 N–H and O–H groups in total. The molecular weight excluding hydrogens is 348 g/mol. The minimum atomic E-state index is 0.00260. The summed E-state index contributed by atoms with van der Waals surface area (Å²) in [5, 5.41) is 10.2. The zero-order chi connectivity index (χ0) is 14.8. The average Bonchev–Trinajstić information content (AvgIpc) is 2.48. The van der Waals surface area contributed by atoms with Crippen LogP contribution in [0.5, 0.6) is 0 Å². The molecule has 0 radical (unpaired) electrons. The Balaban J connectivity index is 2.14. The first-order valence-electron chi connectivity index (χ1n) is 6.17. The van der Waals surface area contributed by atoms with Crippen molar-refractivity contribution in [3.8, 4) is 0 Å². The Labute approximate surface area is 134 Å². The minimum absolute atomic E-state index is 0.00260. The number of para-hydroxylation sites is 1. The van der Waals surface area contributed by atoms with Crippen molar-refractivity contribution in [1.29, 1.82) is 5.41 Å². The van der Waals surface area contributed by atoms with Crippen LogP contribution in [0.4, 0.5) is 0 Å². The average molecular weight is 359 g/mol. The number of fused-ring (bicyclic) bond motifs is 1. The Bertz CT molecular complexity index is 835. The number of nitrogens with two attached hydrogens (primary N) is 1. The highest BCUT2D eigenvalue weighted by atomic mass is 79.9. The van der Waals surface area contributed by atoms with Crippen molar-refractivity contribution in [2.45, 2.75) is 10.1 Å². The molecule has 6 heteroatoms. The van der Waals surface area contributed by atoms with Gasteiger partial charge in [0, 0.05) is 17.1 Å². The van der Waals surface area contributed by atoms with Gasteiger partial charge in [0.25, 0.3) is 0 Å². The van der Waals surface area contributed by atoms with Gasteiger partial charge in [0.2, 0.25) is 0 Å². The molecule has 0 saturated carbocycles. The molecule has 0 saturated heterocycles. The summed E-state index contributed by atoms with van der Waals surface area (Å²) in [6.07, 6.45) is 1.72. The van der Waals surface area contributed by atoms with Crippen LogP contribution in [0.3, 0.4) is 0 Å². The summed E-state index contributed by atoms with van der Waals surface area (Å²) in [6, 6.07) is 13.4. The topological polar surface area (TPSA) is 75.7 Å². The molecule has 0 spiro atoms. The lowest BCUT2D eigenvalue weighted by Gasteiger charge is -2.09. The number of nitrogens with zero attached hydrogens (tertiary/aromatic N) is 2. The summed E-state index contributed by atoms with van der Waals surface area (Å²) < 4.78 is 0.888. The number of halogens is 1. The monoisotopic (exact) mass is 358 g/mol. The maximum absolute atomic E-state index is 7.76. The third-order valence-corrected chi connectivity index (χ3v) is 4.82. The predicted molar refractivity (Wildman–Crippen MR) is 88.8 cm³/mol. The second-order valence-electron chi connectivity index (χ2n) is 4.34. The number of rotatable bonds is 3. The van der Waals surface area contributed by atoms with Gasteiger partial charge in [0.05, 0.1) is 9.99 Å². The maximum Gasteiger partial charge on any atom is 0.125 e. The summed E-state index contributed by atoms with van der Waals surface area (Å²) in [4.78, 5) is 8.93. The number of nitrogen functional groups attached to an aromatic ring is 1. The van der Waals surface area contributed by atoms with Gasteiger partial charge in [-0.2, -0.15) is 0 Å². The Morgan fingerprint density at radius 3 is 2.71 bits per heavy atom. The van der Waals surface area contributed by atoms with Crippen molar-refractivity contribution < 1.29 is 0 Å². The third-order valence-electron chi connectivity index (χ3n) is 2.90. The highest BCUT2D eigenvalue weighted by Gasteiger charge is 2.13. The van der Waals surface area contributed by atoms with Crippen LogP contribution in [0.15, 0.2) is 63.2 Å². The van der Waals surface area contributed by atoms with Crippen LogP contribution in [0.25, 0.3) is 10.9 Å². The summed E-state index contributed by atoms with van der Waals surface area (Å²) in [6.45, 7) is 0. The first-order valence-corrected chi connectivity index (χ1v) is 7.78. The van der Waals surface area contributed by atoms with Gasteiger partial charge < -0.3 is 5.73 Å². The molecule has 0 amide bonds. The smallest absolute Gasteiger partial charge is 0.125 e. The minimum Gasteiger partial charge on any atom is -0.384 e. The van der Waals surface area contributed by atoms with E-state index in [4.69, 9.17) is 11.1 Å². The standard InChI is InChI=1S/C15H11BrN4S/c16-11-5-3-7-19-15(11)21-14-10(13(17)18)8-9-4-1-2-6-12(9)20-14/h1-8H,(H3,17,18). The highest BCUT2D eigenvalue weighted by molar-refractivity contribution is 9.10. The van der Waals surface area contributed by atoms with E-state index < -0.39 is 0 Å². The number of amidine groups is 1. The SMILES string of the molecule is N=C(N)c1cc2ccccc2nc1Sc1ncccc1Br. The van der Waals surface area contributed by atoms with Crippen LogP contribution in [0.1, 0.15) is 5.56 Å². The number of pyridine rings is 2. The van der Waals surface area contributed by atoms with Gasteiger partial charge in [-0.15, -0.1) is 0 Å². The Morgan fingerprint density at radius 2 is 1.95 bits per heavy atom. The Morgan fingerprint density at radius 1 is 1.14 bits per heavy atom. The van der Waals surface area contributed by atoms with E-state index in [0.717, 1.165) is 20.4 Å². The number of hydrogen-bond acceptors (Lipinski definition) is 4. The van der Waals surface area contributed by atoms with E-state index in [-0.39, 0.29) is 5.84 Å². The van der Waals surface area contributed by atoms with Crippen LogP contribution in [-0.4, -0.2) is 15.8 Å². The van der Waals surface area contributed by atoms with Gasteiger partial charge in [-0.25, -0.2) is 9.97 Å². The van der Waals surface area contributed by atoms with Crippen molar-refractivity contribution in [3.63, 3.8) is 0 Å². The van der Waals surface area contributed by atoms with Crippen molar-refractivity contribution in [2.24, 2.45) is 5.73 Å². The van der Waals surface area contributed by atoms with E-state index in [0.29, 0.717) is 10.6 Å². The third kappa shape index (κ3) is 2.91. The molecule has 0 unspecified atom stereocenters. The second kappa shape index (κ2) is 5.83. The molecule has 2 heterocycles. The highest BCUT2D eigenvalue weighted by Crippen LogP contribution is 2.33. The fourth-order valence-electron chi connectivity index (χ4n) is 1.91. The summed E-state index contributed by atoms with van der Waals surface area (Å²) >= 11 is 4.86. The van der Waals surface area contributed by atoms with Crippen molar-refractivity contribution in [1.82, 2.24) is 9.97 Å². The predicted octanol–water partition coefficient (Wildman–Crippen LogP) is 3.83. The van der Waals surface area contributed by atoms with Crippen LogP contribution in [0.2, 0.25) is 0 Å². The fraction of sp³-hybridized carbons (Fsp3) is 0. The first-order chi connectivity index (χ1) is 10.1. The molecule has 3 aromatic rings. The number of benzene rings is 1.